The fraction of sp³-hybridized carbons (Fsp3) is 0.300. The maximum Gasteiger partial charge on any atom is 0.227 e. The summed E-state index contributed by atoms with van der Waals surface area (Å²) in [6, 6.07) is 12.3. The Labute approximate surface area is 168 Å². The van der Waals surface area contributed by atoms with E-state index in [1.54, 1.807) is 36.4 Å². The number of anilines is 1. The number of amides is 2. The molecular formula is C20H22N2O4S2. The lowest BCUT2D eigenvalue weighted by Crippen LogP contribution is -2.18. The molecule has 0 atom stereocenters. The third-order valence-corrected chi connectivity index (χ3v) is 7.37. The van der Waals surface area contributed by atoms with E-state index in [1.807, 2.05) is 6.07 Å². The molecule has 0 radical (unpaired) electrons. The predicted molar refractivity (Wildman–Crippen MR) is 110 cm³/mol. The van der Waals surface area contributed by atoms with Crippen LogP contribution in [0.2, 0.25) is 0 Å². The van der Waals surface area contributed by atoms with Gasteiger partial charge >= 0.3 is 0 Å². The minimum absolute atomic E-state index is 0.0968. The Morgan fingerprint density at radius 3 is 2.61 bits per heavy atom. The van der Waals surface area contributed by atoms with E-state index < -0.39 is 21.7 Å². The number of carbonyl (C=O) groups excluding carboxylic acids is 2. The van der Waals surface area contributed by atoms with E-state index >= 15 is 0 Å². The highest BCUT2D eigenvalue weighted by Crippen LogP contribution is 2.27. The van der Waals surface area contributed by atoms with E-state index in [4.69, 9.17) is 5.73 Å². The molecule has 8 heteroatoms. The Balaban J connectivity index is 1.62. The molecule has 0 saturated heterocycles. The zero-order valence-electron chi connectivity index (χ0n) is 15.3. The molecule has 0 bridgehead atoms. The number of fused-ring (bicyclic) bond motifs is 1. The predicted octanol–water partition coefficient (Wildman–Crippen LogP) is 2.56. The van der Waals surface area contributed by atoms with Crippen LogP contribution in [0.3, 0.4) is 0 Å². The molecule has 0 saturated carbocycles. The van der Waals surface area contributed by atoms with Crippen LogP contribution in [-0.4, -0.2) is 31.7 Å². The Morgan fingerprint density at radius 2 is 1.82 bits per heavy atom. The summed E-state index contributed by atoms with van der Waals surface area (Å²) < 4.78 is 25.2. The smallest absolute Gasteiger partial charge is 0.227 e. The molecule has 0 fully saturated rings. The van der Waals surface area contributed by atoms with E-state index in [2.05, 4.69) is 5.32 Å². The minimum atomic E-state index is -3.53. The number of primary amides is 1. The number of rotatable bonds is 8. The summed E-state index contributed by atoms with van der Waals surface area (Å²) in [6.45, 7) is 0. The number of carbonyl (C=O) groups is 2. The van der Waals surface area contributed by atoms with E-state index in [1.165, 1.54) is 17.3 Å². The second-order valence-corrected chi connectivity index (χ2v) is 9.78. The van der Waals surface area contributed by atoms with Gasteiger partial charge in [0, 0.05) is 11.3 Å². The van der Waals surface area contributed by atoms with Gasteiger partial charge in [0.15, 0.2) is 9.84 Å². The van der Waals surface area contributed by atoms with Gasteiger partial charge in [-0.3, -0.25) is 9.59 Å². The lowest BCUT2D eigenvalue weighted by atomic mass is 10.1. The first-order chi connectivity index (χ1) is 13.3. The van der Waals surface area contributed by atoms with Crippen molar-refractivity contribution in [1.29, 1.82) is 0 Å². The van der Waals surface area contributed by atoms with Crippen LogP contribution >= 0.6 is 11.8 Å². The van der Waals surface area contributed by atoms with Gasteiger partial charge in [-0.2, -0.15) is 0 Å². The fourth-order valence-electron chi connectivity index (χ4n) is 3.14. The van der Waals surface area contributed by atoms with Crippen LogP contribution < -0.4 is 11.1 Å². The van der Waals surface area contributed by atoms with Crippen molar-refractivity contribution in [1.82, 2.24) is 0 Å². The van der Waals surface area contributed by atoms with Gasteiger partial charge in [-0.1, -0.05) is 18.2 Å². The molecule has 3 N–H and O–H groups in total. The average Bonchev–Trinajstić information content (AvgIpc) is 3.13. The number of thioether (sulfide) groups is 1. The number of nitrogens with two attached hydrogens (primary N) is 1. The molecule has 1 aliphatic rings. The first-order valence-electron chi connectivity index (χ1n) is 9.00. The number of sulfone groups is 1. The number of benzene rings is 2. The lowest BCUT2D eigenvalue weighted by Gasteiger charge is -2.11. The maximum atomic E-state index is 12.6. The number of para-hydroxylation sites is 1. The summed E-state index contributed by atoms with van der Waals surface area (Å²) in [4.78, 5) is 24.2. The summed E-state index contributed by atoms with van der Waals surface area (Å²) in [6.07, 6.45) is 2.80. The fourth-order valence-corrected chi connectivity index (χ4v) is 5.18. The SMILES string of the molecule is NC(=O)CSc1ccccc1NC(=O)CCS(=O)(=O)c1ccc2c(c1)CCC2. The van der Waals surface area contributed by atoms with E-state index in [-0.39, 0.29) is 22.8 Å². The van der Waals surface area contributed by atoms with Crippen LogP contribution in [0, 0.1) is 0 Å². The zero-order valence-corrected chi connectivity index (χ0v) is 16.9. The van der Waals surface area contributed by atoms with Crippen LogP contribution in [-0.2, 0) is 32.3 Å². The molecule has 2 aromatic rings. The van der Waals surface area contributed by atoms with E-state index in [0.29, 0.717) is 10.6 Å². The van der Waals surface area contributed by atoms with E-state index in [0.717, 1.165) is 24.8 Å². The van der Waals surface area contributed by atoms with Crippen molar-refractivity contribution in [2.45, 2.75) is 35.5 Å². The first-order valence-corrected chi connectivity index (χ1v) is 11.6. The number of aryl methyl sites for hydroxylation is 2. The van der Waals surface area contributed by atoms with Crippen molar-refractivity contribution in [3.8, 4) is 0 Å². The second-order valence-electron chi connectivity index (χ2n) is 6.65. The van der Waals surface area contributed by atoms with Gasteiger partial charge < -0.3 is 11.1 Å². The quantitative estimate of drug-likeness (QED) is 0.641. The highest BCUT2D eigenvalue weighted by atomic mass is 32.2. The molecular weight excluding hydrogens is 396 g/mol. The summed E-state index contributed by atoms with van der Waals surface area (Å²) in [5.41, 5.74) is 8.00. The molecule has 1 aliphatic carbocycles. The molecule has 2 amide bonds. The molecule has 28 heavy (non-hydrogen) atoms. The highest BCUT2D eigenvalue weighted by molar-refractivity contribution is 8.00. The molecule has 0 aromatic heterocycles. The van der Waals surface area contributed by atoms with Gasteiger partial charge in [0.2, 0.25) is 11.8 Å². The van der Waals surface area contributed by atoms with Crippen molar-refractivity contribution in [2.75, 3.05) is 16.8 Å². The normalized spacial score (nSPS) is 13.1. The third-order valence-electron chi connectivity index (χ3n) is 4.56. The van der Waals surface area contributed by atoms with Crippen LogP contribution in [0.15, 0.2) is 52.3 Å². The molecule has 6 nitrogen and oxygen atoms in total. The molecule has 0 aliphatic heterocycles. The van der Waals surface area contributed by atoms with Crippen molar-refractivity contribution in [3.05, 3.63) is 53.6 Å². The Kier molecular flexibility index (Phi) is 6.41. The van der Waals surface area contributed by atoms with Crippen molar-refractivity contribution in [2.24, 2.45) is 5.73 Å². The zero-order chi connectivity index (χ0) is 20.1. The van der Waals surface area contributed by atoms with Gasteiger partial charge in [0.05, 0.1) is 22.1 Å². The van der Waals surface area contributed by atoms with Gasteiger partial charge in [-0.25, -0.2) is 8.42 Å². The monoisotopic (exact) mass is 418 g/mol. The summed E-state index contributed by atoms with van der Waals surface area (Å²) in [7, 11) is -3.53. The summed E-state index contributed by atoms with van der Waals surface area (Å²) in [5, 5.41) is 2.72. The van der Waals surface area contributed by atoms with E-state index in [9.17, 15) is 18.0 Å². The van der Waals surface area contributed by atoms with Gasteiger partial charge in [-0.05, 0) is 54.7 Å². The van der Waals surface area contributed by atoms with Crippen molar-refractivity contribution in [3.63, 3.8) is 0 Å². The Bertz CT molecular complexity index is 1000. The van der Waals surface area contributed by atoms with Crippen molar-refractivity contribution >= 4 is 39.1 Å². The Hall–Kier alpha value is -2.32. The standard InChI is InChI=1S/C20H22N2O4S2/c21-19(23)13-27-18-7-2-1-6-17(18)22-20(24)10-11-28(25,26)16-9-8-14-4-3-5-15(14)12-16/h1-2,6-9,12H,3-5,10-11,13H2,(H2,21,23)(H,22,24). The van der Waals surface area contributed by atoms with Crippen LogP contribution in [0.25, 0.3) is 0 Å². The topological polar surface area (TPSA) is 106 Å². The van der Waals surface area contributed by atoms with Crippen molar-refractivity contribution < 1.29 is 18.0 Å². The third kappa shape index (κ3) is 5.14. The summed E-state index contributed by atoms with van der Waals surface area (Å²) >= 11 is 1.22. The number of hydrogen-bond acceptors (Lipinski definition) is 5. The number of nitrogens with one attached hydrogen (secondary N) is 1. The van der Waals surface area contributed by atoms with Gasteiger partial charge in [-0.15, -0.1) is 11.8 Å². The Morgan fingerprint density at radius 1 is 1.07 bits per heavy atom. The maximum absolute atomic E-state index is 12.6. The molecule has 0 heterocycles. The van der Waals surface area contributed by atoms with Gasteiger partial charge in [0.25, 0.3) is 0 Å². The lowest BCUT2D eigenvalue weighted by molar-refractivity contribution is -0.116. The minimum Gasteiger partial charge on any atom is -0.369 e. The van der Waals surface area contributed by atoms with Gasteiger partial charge in [0.1, 0.15) is 0 Å². The highest BCUT2D eigenvalue weighted by Gasteiger charge is 2.20. The molecule has 3 rings (SSSR count). The molecule has 0 spiro atoms. The summed E-state index contributed by atoms with van der Waals surface area (Å²) in [5.74, 6) is -1.00. The second kappa shape index (κ2) is 8.79. The first kappa shape index (κ1) is 20.4. The van der Waals surface area contributed by atoms with Crippen LogP contribution in [0.5, 0.6) is 0 Å². The number of hydrogen-bond donors (Lipinski definition) is 2. The molecule has 0 unspecified atom stereocenters. The largest absolute Gasteiger partial charge is 0.369 e. The van der Waals surface area contributed by atoms with Crippen LogP contribution in [0.4, 0.5) is 5.69 Å². The van der Waals surface area contributed by atoms with Crippen LogP contribution in [0.1, 0.15) is 24.0 Å². The molecule has 2 aromatic carbocycles. The average molecular weight is 419 g/mol. The molecule has 148 valence electrons.